The summed E-state index contributed by atoms with van der Waals surface area (Å²) >= 11 is 0. The number of amides is 3. The Kier molecular flexibility index (Phi) is 6.90. The Morgan fingerprint density at radius 3 is 2.62 bits per heavy atom. The first-order valence-electron chi connectivity index (χ1n) is 11.8. The first-order chi connectivity index (χ1) is 16.4. The molecular formula is C25H31N3O6. The Balaban J connectivity index is 1.50. The van der Waals surface area contributed by atoms with Crippen LogP contribution in [0.5, 0.6) is 0 Å². The van der Waals surface area contributed by atoms with Crippen molar-refractivity contribution in [1.82, 2.24) is 14.7 Å². The van der Waals surface area contributed by atoms with Gasteiger partial charge in [-0.1, -0.05) is 12.2 Å². The topological polar surface area (TPSA) is 100 Å². The van der Waals surface area contributed by atoms with Gasteiger partial charge in [0.25, 0.3) is 5.91 Å². The summed E-state index contributed by atoms with van der Waals surface area (Å²) in [5.74, 6) is -1.62. The normalized spacial score (nSPS) is 24.5. The highest BCUT2D eigenvalue weighted by Gasteiger charge is 2.62. The number of carbonyl (C=O) groups excluding carboxylic acids is 4. The van der Waals surface area contributed by atoms with Crippen molar-refractivity contribution in [2.75, 3.05) is 39.3 Å². The van der Waals surface area contributed by atoms with Gasteiger partial charge in [-0.2, -0.15) is 0 Å². The molecule has 34 heavy (non-hydrogen) atoms. The standard InChI is InChI=1S/C25H31N3O6/c1-3-11-28-20-9-5-6-10-25(20,24(32)33-4-2)18(22(28)30)17-21(29)26-12-14-27(15-13-26)23(31)19-8-7-16-34-19/h3,7-9,16,18H,1,4-6,10-15,17H2,2H3/t18-,25-/m0/s1. The Hall–Kier alpha value is -3.36. The average Bonchev–Trinajstić information content (AvgIpc) is 3.47. The molecule has 0 radical (unpaired) electrons. The molecule has 4 rings (SSSR count). The van der Waals surface area contributed by atoms with E-state index in [1.807, 2.05) is 6.08 Å². The minimum atomic E-state index is -1.14. The van der Waals surface area contributed by atoms with Crippen molar-refractivity contribution in [2.24, 2.45) is 11.3 Å². The van der Waals surface area contributed by atoms with Crippen LogP contribution in [0.2, 0.25) is 0 Å². The third kappa shape index (κ3) is 4.03. The zero-order valence-corrected chi connectivity index (χ0v) is 19.5. The lowest BCUT2D eigenvalue weighted by molar-refractivity contribution is -0.158. The van der Waals surface area contributed by atoms with Gasteiger partial charge in [-0.3, -0.25) is 19.2 Å². The maximum absolute atomic E-state index is 13.5. The summed E-state index contributed by atoms with van der Waals surface area (Å²) in [6, 6.07) is 3.28. The van der Waals surface area contributed by atoms with E-state index in [1.54, 1.807) is 39.8 Å². The van der Waals surface area contributed by atoms with Gasteiger partial charge in [0.1, 0.15) is 5.41 Å². The molecule has 1 aromatic heterocycles. The van der Waals surface area contributed by atoms with Crippen LogP contribution >= 0.6 is 0 Å². The van der Waals surface area contributed by atoms with E-state index in [0.29, 0.717) is 38.3 Å². The molecule has 2 fully saturated rings. The molecule has 0 spiro atoms. The highest BCUT2D eigenvalue weighted by atomic mass is 16.5. The minimum absolute atomic E-state index is 0.0746. The lowest BCUT2D eigenvalue weighted by Crippen LogP contribution is -2.51. The Bertz CT molecular complexity index is 992. The molecule has 0 aromatic carbocycles. The molecule has 3 aliphatic rings. The van der Waals surface area contributed by atoms with Crippen LogP contribution in [0.3, 0.4) is 0 Å². The van der Waals surface area contributed by atoms with Gasteiger partial charge >= 0.3 is 5.97 Å². The first kappa shape index (κ1) is 23.8. The van der Waals surface area contributed by atoms with Crippen molar-refractivity contribution in [2.45, 2.75) is 32.6 Å². The van der Waals surface area contributed by atoms with E-state index < -0.39 is 17.3 Å². The van der Waals surface area contributed by atoms with Gasteiger partial charge in [0.2, 0.25) is 11.8 Å². The molecule has 182 valence electrons. The van der Waals surface area contributed by atoms with E-state index >= 15 is 0 Å². The van der Waals surface area contributed by atoms with E-state index in [9.17, 15) is 19.2 Å². The molecule has 2 aliphatic heterocycles. The highest BCUT2D eigenvalue weighted by molar-refractivity contribution is 5.99. The average molecular weight is 470 g/mol. The zero-order chi connectivity index (χ0) is 24.3. The quantitative estimate of drug-likeness (QED) is 0.448. The van der Waals surface area contributed by atoms with Crippen molar-refractivity contribution < 1.29 is 28.3 Å². The SMILES string of the molecule is C=CCN1C(=O)[C@H](CC(=O)N2CCN(C(=O)c3ccco3)CC2)[C@@]2(C(=O)OCC)CCCC=C12. The van der Waals surface area contributed by atoms with Crippen LogP contribution in [0.4, 0.5) is 0 Å². The van der Waals surface area contributed by atoms with Crippen LogP contribution in [0.25, 0.3) is 0 Å². The highest BCUT2D eigenvalue weighted by Crippen LogP contribution is 2.53. The molecule has 0 saturated carbocycles. The largest absolute Gasteiger partial charge is 0.465 e. The summed E-state index contributed by atoms with van der Waals surface area (Å²) in [5.41, 5.74) is -0.491. The number of piperazine rings is 1. The van der Waals surface area contributed by atoms with E-state index in [-0.39, 0.29) is 43.1 Å². The second-order valence-corrected chi connectivity index (χ2v) is 8.82. The van der Waals surface area contributed by atoms with Crippen molar-refractivity contribution in [3.63, 3.8) is 0 Å². The number of ether oxygens (including phenoxy) is 1. The number of hydrogen-bond acceptors (Lipinski definition) is 6. The number of allylic oxidation sites excluding steroid dienone is 1. The fraction of sp³-hybridized carbons (Fsp3) is 0.520. The molecule has 9 nitrogen and oxygen atoms in total. The number of fused-ring (bicyclic) bond motifs is 1. The van der Waals surface area contributed by atoms with Crippen LogP contribution in [0.15, 0.2) is 47.2 Å². The summed E-state index contributed by atoms with van der Waals surface area (Å²) in [6.45, 7) is 7.44. The summed E-state index contributed by atoms with van der Waals surface area (Å²) in [4.78, 5) is 57.4. The van der Waals surface area contributed by atoms with Gasteiger partial charge in [-0.25, -0.2) is 0 Å². The lowest BCUT2D eigenvalue weighted by atomic mass is 9.68. The fourth-order valence-electron chi connectivity index (χ4n) is 5.36. The lowest BCUT2D eigenvalue weighted by Gasteiger charge is -2.37. The smallest absolute Gasteiger partial charge is 0.318 e. The molecule has 3 amide bonds. The number of furan rings is 1. The van der Waals surface area contributed by atoms with Gasteiger partial charge in [0.05, 0.1) is 18.8 Å². The maximum atomic E-state index is 13.5. The van der Waals surface area contributed by atoms with Crippen molar-refractivity contribution in [1.29, 1.82) is 0 Å². The van der Waals surface area contributed by atoms with Gasteiger partial charge < -0.3 is 23.9 Å². The minimum Gasteiger partial charge on any atom is -0.465 e. The third-order valence-electron chi connectivity index (χ3n) is 7.00. The molecule has 1 aromatic rings. The first-order valence-corrected chi connectivity index (χ1v) is 11.8. The van der Waals surface area contributed by atoms with E-state index in [1.165, 1.54) is 6.26 Å². The number of esters is 1. The Morgan fingerprint density at radius 2 is 1.97 bits per heavy atom. The number of hydrogen-bond donors (Lipinski definition) is 0. The third-order valence-corrected chi connectivity index (χ3v) is 7.00. The van der Waals surface area contributed by atoms with Crippen LogP contribution < -0.4 is 0 Å². The molecule has 3 heterocycles. The summed E-state index contributed by atoms with van der Waals surface area (Å²) in [7, 11) is 0. The van der Waals surface area contributed by atoms with Crippen LogP contribution in [0.1, 0.15) is 43.2 Å². The zero-order valence-electron chi connectivity index (χ0n) is 19.5. The van der Waals surface area contributed by atoms with Gasteiger partial charge in [0.15, 0.2) is 5.76 Å². The van der Waals surface area contributed by atoms with Gasteiger partial charge in [-0.15, -0.1) is 6.58 Å². The molecule has 2 saturated heterocycles. The summed E-state index contributed by atoms with van der Waals surface area (Å²) in [6.07, 6.45) is 6.93. The Morgan fingerprint density at radius 1 is 1.24 bits per heavy atom. The molecular weight excluding hydrogens is 438 g/mol. The number of likely N-dealkylation sites (tertiary alicyclic amines) is 1. The molecule has 0 bridgehead atoms. The van der Waals surface area contributed by atoms with Crippen molar-refractivity contribution >= 4 is 23.7 Å². The number of rotatable bonds is 7. The molecule has 1 aliphatic carbocycles. The van der Waals surface area contributed by atoms with E-state index in [2.05, 4.69) is 6.58 Å². The number of nitrogens with zero attached hydrogens (tertiary/aromatic N) is 3. The van der Waals surface area contributed by atoms with Crippen molar-refractivity contribution in [3.8, 4) is 0 Å². The molecule has 2 atom stereocenters. The van der Waals surface area contributed by atoms with Crippen LogP contribution in [0, 0.1) is 11.3 Å². The van der Waals surface area contributed by atoms with E-state index in [0.717, 1.165) is 12.8 Å². The molecule has 0 unspecified atom stereocenters. The van der Waals surface area contributed by atoms with Crippen LogP contribution in [-0.2, 0) is 19.1 Å². The summed E-state index contributed by atoms with van der Waals surface area (Å²) < 4.78 is 10.6. The van der Waals surface area contributed by atoms with Crippen LogP contribution in [-0.4, -0.2) is 77.7 Å². The predicted molar refractivity (Wildman–Crippen MR) is 122 cm³/mol. The number of carbonyl (C=O) groups is 4. The summed E-state index contributed by atoms with van der Waals surface area (Å²) in [5, 5.41) is 0. The second-order valence-electron chi connectivity index (χ2n) is 8.82. The van der Waals surface area contributed by atoms with E-state index in [4.69, 9.17) is 9.15 Å². The van der Waals surface area contributed by atoms with Crippen molar-refractivity contribution in [3.05, 3.63) is 48.6 Å². The maximum Gasteiger partial charge on any atom is 0.318 e. The Labute approximate surface area is 199 Å². The molecule has 0 N–H and O–H groups in total. The van der Waals surface area contributed by atoms with Gasteiger partial charge in [-0.05, 0) is 38.3 Å². The van der Waals surface area contributed by atoms with Gasteiger partial charge in [0, 0.05) is 44.8 Å². The second kappa shape index (κ2) is 9.87. The fourth-order valence-corrected chi connectivity index (χ4v) is 5.36. The predicted octanol–water partition coefficient (Wildman–Crippen LogP) is 2.22. The monoisotopic (exact) mass is 469 g/mol. The molecule has 9 heteroatoms.